The molecule has 0 aliphatic carbocycles. The molecule has 0 spiro atoms. The molecular weight excluding hydrogens is 547 g/mol. The zero-order valence-electron chi connectivity index (χ0n) is 17.7. The molecule has 0 amide bonds. The molecule has 0 aliphatic rings. The van der Waals surface area contributed by atoms with Crippen LogP contribution < -0.4 is 10.2 Å². The first-order valence-corrected chi connectivity index (χ1v) is 9.78. The van der Waals surface area contributed by atoms with Gasteiger partial charge in [0, 0.05) is 0 Å². The van der Waals surface area contributed by atoms with Gasteiger partial charge in [0.2, 0.25) is 0 Å². The molecule has 0 radical (unpaired) electrons. The summed E-state index contributed by atoms with van der Waals surface area (Å²) in [6.45, 7) is 0. The fraction of sp³-hybridized carbons (Fsp3) is 0.0714. The van der Waals surface area contributed by atoms with Gasteiger partial charge in [0.05, 0.1) is 0 Å². The van der Waals surface area contributed by atoms with Crippen LogP contribution in [0.1, 0.15) is 0 Å². The van der Waals surface area contributed by atoms with E-state index in [2.05, 4.69) is 109 Å². The van der Waals surface area contributed by atoms with Gasteiger partial charge < -0.3 is 10.2 Å². The fourth-order valence-corrected chi connectivity index (χ4v) is 3.81. The number of hydrogen-bond acceptors (Lipinski definition) is 2. The maximum absolute atomic E-state index is 8.25. The second-order valence-electron chi connectivity index (χ2n) is 6.64. The molecule has 0 saturated heterocycles. The third-order valence-electron chi connectivity index (χ3n) is 5.05. The summed E-state index contributed by atoms with van der Waals surface area (Å²) < 4.78 is 0. The molecule has 0 atom stereocenters. The number of benzene rings is 4. The van der Waals surface area contributed by atoms with Gasteiger partial charge in [-0.15, -0.1) is 79.5 Å². The predicted octanol–water partition coefficient (Wildman–Crippen LogP) is 5.37. The van der Waals surface area contributed by atoms with E-state index in [9.17, 15) is 0 Å². The monoisotopic (exact) mass is 572 g/mol. The third-order valence-corrected chi connectivity index (χ3v) is 5.05. The molecule has 0 unspecified atom stereocenters. The van der Waals surface area contributed by atoms with E-state index in [1.807, 2.05) is 0 Å². The van der Waals surface area contributed by atoms with E-state index in [0.29, 0.717) is 0 Å². The van der Waals surface area contributed by atoms with Crippen LogP contribution in [0.5, 0.6) is 0 Å². The minimum Gasteiger partial charge on any atom is -0.857 e. The predicted molar refractivity (Wildman–Crippen MR) is 126 cm³/mol. The summed E-state index contributed by atoms with van der Waals surface area (Å²) >= 11 is 0. The molecule has 6 rings (SSSR count). The Kier molecular flexibility index (Phi) is 9.80. The summed E-state index contributed by atoms with van der Waals surface area (Å²) in [5, 5.41) is 27.3. The average Bonchev–Trinajstić information content (AvgIpc) is 3.40. The largest absolute Gasteiger partial charge is 4.00 e. The molecule has 152 valence electrons. The van der Waals surface area contributed by atoms with E-state index in [4.69, 9.17) is 10.2 Å². The third kappa shape index (κ3) is 5.37. The van der Waals surface area contributed by atoms with Gasteiger partial charge in [-0.3, -0.25) is 0 Å². The van der Waals surface area contributed by atoms with Crippen LogP contribution in [-0.2, 0) is 25.8 Å². The number of hydrogen-bond donors (Lipinski definition) is 0. The van der Waals surface area contributed by atoms with Crippen LogP contribution in [-0.4, -0.2) is 14.2 Å². The van der Waals surface area contributed by atoms with Gasteiger partial charge in [0.1, 0.15) is 0 Å². The van der Waals surface area contributed by atoms with Gasteiger partial charge >= 0.3 is 25.8 Å². The van der Waals surface area contributed by atoms with Crippen molar-refractivity contribution in [3.63, 3.8) is 0 Å². The zero-order chi connectivity index (χ0) is 21.3. The van der Waals surface area contributed by atoms with Crippen molar-refractivity contribution in [1.29, 1.82) is 0 Å². The second-order valence-corrected chi connectivity index (χ2v) is 6.64. The van der Waals surface area contributed by atoms with Crippen LogP contribution in [0.3, 0.4) is 0 Å². The summed E-state index contributed by atoms with van der Waals surface area (Å²) in [6, 6.07) is 38.5. The standard InChI is InChI=1S/2C13H9.2CH3O.Hf/c2*1-3-7-12-10(5-1)9-11-6-2-4-8-13(11)12;2*1-2;/h2*1-9H;2*1H3;/q4*-1;+4. The molecule has 0 fully saturated rings. The minimum atomic E-state index is 0. The molecule has 0 saturated carbocycles. The summed E-state index contributed by atoms with van der Waals surface area (Å²) in [4.78, 5) is 0. The maximum atomic E-state index is 8.25. The number of rotatable bonds is 0. The van der Waals surface area contributed by atoms with Gasteiger partial charge in [-0.2, -0.15) is 14.2 Å². The molecule has 2 nitrogen and oxygen atoms in total. The number of fused-ring (bicyclic) bond motifs is 6. The Balaban J connectivity index is 0.000000185. The van der Waals surface area contributed by atoms with E-state index < -0.39 is 0 Å². The molecule has 0 aromatic heterocycles. The van der Waals surface area contributed by atoms with E-state index in [0.717, 1.165) is 14.2 Å². The first-order valence-electron chi connectivity index (χ1n) is 9.78. The van der Waals surface area contributed by atoms with E-state index in [1.54, 1.807) is 0 Å². The molecule has 6 aromatic rings. The molecule has 0 heterocycles. The molecule has 0 N–H and O–H groups in total. The Bertz CT molecular complexity index is 1140. The fourth-order valence-electron chi connectivity index (χ4n) is 3.81. The van der Waals surface area contributed by atoms with Crippen molar-refractivity contribution in [1.82, 2.24) is 0 Å². The van der Waals surface area contributed by atoms with Gasteiger partial charge in [-0.05, 0) is 0 Å². The Hall–Kier alpha value is -2.59. The average molecular weight is 571 g/mol. The minimum absolute atomic E-state index is 0. The first kappa shape index (κ1) is 24.7. The van der Waals surface area contributed by atoms with Gasteiger partial charge in [-0.25, -0.2) is 0 Å². The maximum Gasteiger partial charge on any atom is 4.00 e. The van der Waals surface area contributed by atoms with Crippen LogP contribution >= 0.6 is 0 Å². The second kappa shape index (κ2) is 12.3. The Morgan fingerprint density at radius 1 is 0.387 bits per heavy atom. The van der Waals surface area contributed by atoms with Crippen LogP contribution in [0.25, 0.3) is 43.1 Å². The molecule has 31 heavy (non-hydrogen) atoms. The summed E-state index contributed by atoms with van der Waals surface area (Å²) in [7, 11) is 1.50. The molecule has 6 aromatic carbocycles. The van der Waals surface area contributed by atoms with Gasteiger partial charge in [-0.1, -0.05) is 72.8 Å². The molecule has 0 aliphatic heterocycles. The molecule has 0 bridgehead atoms. The van der Waals surface area contributed by atoms with Gasteiger partial charge in [0.25, 0.3) is 0 Å². The van der Waals surface area contributed by atoms with Crippen molar-refractivity contribution in [3.8, 4) is 0 Å². The quantitative estimate of drug-likeness (QED) is 0.182. The van der Waals surface area contributed by atoms with E-state index >= 15 is 0 Å². The molecular formula is C28H24HfO2. The van der Waals surface area contributed by atoms with Crippen LogP contribution in [0.2, 0.25) is 0 Å². The smallest absolute Gasteiger partial charge is 0.857 e. The summed E-state index contributed by atoms with van der Waals surface area (Å²) in [5.74, 6) is 0. The first-order chi connectivity index (χ1) is 14.9. The van der Waals surface area contributed by atoms with Crippen molar-refractivity contribution < 1.29 is 36.1 Å². The van der Waals surface area contributed by atoms with Crippen molar-refractivity contribution in [2.75, 3.05) is 14.2 Å². The van der Waals surface area contributed by atoms with Crippen molar-refractivity contribution in [2.24, 2.45) is 0 Å². The Morgan fingerprint density at radius 2 is 0.581 bits per heavy atom. The van der Waals surface area contributed by atoms with Crippen molar-refractivity contribution in [2.45, 2.75) is 0 Å². The van der Waals surface area contributed by atoms with Gasteiger partial charge in [0.15, 0.2) is 0 Å². The van der Waals surface area contributed by atoms with Crippen molar-refractivity contribution in [3.05, 3.63) is 109 Å². The topological polar surface area (TPSA) is 46.1 Å². The van der Waals surface area contributed by atoms with Crippen molar-refractivity contribution >= 4 is 43.1 Å². The Morgan fingerprint density at radius 3 is 0.806 bits per heavy atom. The SMILES string of the molecule is C[O-].C[O-].[Hf+4].c1ccc2c(c1)[cH-]c1ccccc12.c1ccc2c(c1)[cH-]c1ccccc12. The summed E-state index contributed by atoms with van der Waals surface area (Å²) in [6.07, 6.45) is 0. The van der Waals surface area contributed by atoms with E-state index in [1.165, 1.54) is 43.1 Å². The van der Waals surface area contributed by atoms with E-state index in [-0.39, 0.29) is 25.8 Å². The van der Waals surface area contributed by atoms with Crippen LogP contribution in [0.15, 0.2) is 109 Å². The molecule has 3 heteroatoms. The zero-order valence-corrected chi connectivity index (χ0v) is 21.3. The van der Waals surface area contributed by atoms with Crippen LogP contribution in [0, 0.1) is 0 Å². The Labute approximate surface area is 201 Å². The van der Waals surface area contributed by atoms with Crippen LogP contribution in [0.4, 0.5) is 0 Å². The summed E-state index contributed by atoms with van der Waals surface area (Å²) in [5.41, 5.74) is 0. The normalized spacial score (nSPS) is 9.68.